The maximum Gasteiger partial charge on any atom is 0.407 e. The molecule has 4 N–H and O–H groups in total. The Bertz CT molecular complexity index is 1660. The first-order chi connectivity index (χ1) is 31.2. The van der Waals surface area contributed by atoms with Crippen LogP contribution in [0.4, 0.5) is 9.59 Å². The Hall–Kier alpha value is -4.72. The van der Waals surface area contributed by atoms with Gasteiger partial charge in [0.1, 0.15) is 12.7 Å². The average molecular weight is 957 g/mol. The van der Waals surface area contributed by atoms with Crippen molar-refractivity contribution in [2.45, 2.75) is 158 Å². The number of nitrogens with one attached hydrogen (secondary N) is 4. The number of carbonyl (C=O) groups is 8. The first-order valence-electron chi connectivity index (χ1n) is 23.6. The quantitative estimate of drug-likeness (QED) is 0.0557. The van der Waals surface area contributed by atoms with Crippen LogP contribution in [0.2, 0.25) is 0 Å². The second-order valence-electron chi connectivity index (χ2n) is 20.1. The van der Waals surface area contributed by atoms with E-state index in [1.165, 1.54) is 0 Å². The van der Waals surface area contributed by atoms with Gasteiger partial charge in [-0.25, -0.2) is 9.59 Å². The van der Waals surface area contributed by atoms with Gasteiger partial charge in [-0.1, -0.05) is 34.6 Å². The van der Waals surface area contributed by atoms with Crippen LogP contribution < -0.4 is 21.3 Å². The highest BCUT2D eigenvalue weighted by Crippen LogP contribution is 2.46. The molecular formula is C47H80N4O16. The van der Waals surface area contributed by atoms with Crippen molar-refractivity contribution in [3.8, 4) is 0 Å². The highest BCUT2D eigenvalue weighted by molar-refractivity contribution is 6.14. The van der Waals surface area contributed by atoms with Crippen molar-refractivity contribution in [3.63, 3.8) is 0 Å². The van der Waals surface area contributed by atoms with E-state index in [0.29, 0.717) is 32.1 Å². The summed E-state index contributed by atoms with van der Waals surface area (Å²) in [6.45, 7) is 24.3. The molecule has 2 rings (SSSR count). The predicted octanol–water partition coefficient (Wildman–Crippen LogP) is 4.52. The van der Waals surface area contributed by atoms with E-state index in [1.54, 1.807) is 48.5 Å². The summed E-state index contributed by atoms with van der Waals surface area (Å²) in [6.07, 6.45) is 1.00. The van der Waals surface area contributed by atoms with Crippen molar-refractivity contribution in [2.75, 3.05) is 59.3 Å². The fraction of sp³-hybridized carbons (Fsp3) is 0.830. The molecule has 0 bridgehead atoms. The van der Waals surface area contributed by atoms with Crippen LogP contribution in [0, 0.1) is 34.0 Å². The minimum atomic E-state index is -1.74. The molecule has 0 radical (unpaired) electrons. The number of rotatable bonds is 25. The first kappa shape index (κ1) is 58.4. The number of hydrogen-bond acceptors (Lipinski definition) is 16. The molecule has 7 unspecified atom stereocenters. The van der Waals surface area contributed by atoms with Crippen LogP contribution in [-0.2, 0) is 66.7 Å². The molecule has 0 aromatic heterocycles. The van der Waals surface area contributed by atoms with Crippen LogP contribution >= 0.6 is 0 Å². The van der Waals surface area contributed by atoms with E-state index in [2.05, 4.69) is 49.0 Å². The largest absolute Gasteiger partial charge is 0.465 e. The molecule has 2 fully saturated rings. The average Bonchev–Trinajstić information content (AvgIpc) is 3.18. The van der Waals surface area contributed by atoms with Gasteiger partial charge in [0.2, 0.25) is 23.7 Å². The van der Waals surface area contributed by atoms with Crippen molar-refractivity contribution in [3.05, 3.63) is 0 Å². The van der Waals surface area contributed by atoms with Gasteiger partial charge in [0.25, 0.3) is 0 Å². The Morgan fingerprint density at radius 3 is 1.51 bits per heavy atom. The van der Waals surface area contributed by atoms with Crippen LogP contribution in [0.1, 0.15) is 129 Å². The summed E-state index contributed by atoms with van der Waals surface area (Å²) < 4.78 is 42.6. The van der Waals surface area contributed by atoms with Crippen LogP contribution in [0.3, 0.4) is 0 Å². The molecule has 4 amide bonds. The molecule has 7 atom stereocenters. The van der Waals surface area contributed by atoms with E-state index in [1.807, 2.05) is 13.8 Å². The summed E-state index contributed by atoms with van der Waals surface area (Å²) in [7, 11) is 0. The molecule has 0 spiro atoms. The van der Waals surface area contributed by atoms with E-state index >= 15 is 0 Å². The second-order valence-corrected chi connectivity index (χ2v) is 20.1. The Balaban J connectivity index is 1.81. The minimum absolute atomic E-state index is 0.000103. The van der Waals surface area contributed by atoms with Crippen LogP contribution in [0.25, 0.3) is 0 Å². The fourth-order valence-electron chi connectivity index (χ4n) is 9.66. The Labute approximate surface area is 396 Å². The molecule has 0 aromatic rings. The van der Waals surface area contributed by atoms with Gasteiger partial charge in [-0.05, 0) is 116 Å². The molecule has 20 heteroatoms. The zero-order valence-corrected chi connectivity index (χ0v) is 42.2. The standard InChI is InChI=1S/C47H80N4O16/c1-14-60-38(54)34(39(55)61-15-2)36(52)48-22-32-18-44(8,9)27-47(13,19-32)51-43(59)66-24-30(6)64-23-29(5)65-25-31(7)67-42(58)50-33-20-45(10,11)26-46(12,21-33)28-49-37(53)35(40(56)62-16-3)41(57)63-17-4/h29-35H,14-28H2,1-13H3,(H,48,52)(H,49,53)(H,50,58)(H,51,59). The number of hydrogen-bond donors (Lipinski definition) is 4. The third-order valence-corrected chi connectivity index (χ3v) is 11.5. The van der Waals surface area contributed by atoms with Gasteiger partial charge in [0.05, 0.1) is 51.8 Å². The highest BCUT2D eigenvalue weighted by Gasteiger charge is 2.45. The van der Waals surface area contributed by atoms with Gasteiger partial charge in [-0.15, -0.1) is 0 Å². The zero-order chi connectivity index (χ0) is 50.8. The lowest BCUT2D eigenvalue weighted by atomic mass is 9.62. The van der Waals surface area contributed by atoms with Crippen molar-refractivity contribution in [1.29, 1.82) is 0 Å². The third kappa shape index (κ3) is 20.6. The summed E-state index contributed by atoms with van der Waals surface area (Å²) in [6, 6.07) is -0.289. The SMILES string of the molecule is CCOC(=O)C(C(=O)NCC1CC(C)(C)CC(C)(NC(=O)OCC(C)OCC(C)OCC(C)OC(=O)NC2CC(C)(C)CC(C)(CNC(=O)C(C(=O)OCC)C(=O)OCC)C2)C1)C(=O)OCC. The maximum atomic E-state index is 13.1. The lowest BCUT2D eigenvalue weighted by molar-refractivity contribution is -0.167. The van der Waals surface area contributed by atoms with Crippen molar-refractivity contribution in [2.24, 2.45) is 34.0 Å². The van der Waals surface area contributed by atoms with Crippen molar-refractivity contribution < 1.29 is 76.3 Å². The smallest absolute Gasteiger partial charge is 0.407 e. The molecule has 384 valence electrons. The van der Waals surface area contributed by atoms with Crippen LogP contribution in [-0.4, -0.2) is 137 Å². The summed E-state index contributed by atoms with van der Waals surface area (Å²) in [5, 5.41) is 11.4. The maximum absolute atomic E-state index is 13.1. The molecule has 0 saturated heterocycles. The van der Waals surface area contributed by atoms with Gasteiger partial charge < -0.3 is 59.2 Å². The Kier molecular flexibility index (Phi) is 23.3. The summed E-state index contributed by atoms with van der Waals surface area (Å²) in [5.41, 5.74) is -1.62. The topological polar surface area (TPSA) is 259 Å². The number of carbonyl (C=O) groups excluding carboxylic acids is 8. The van der Waals surface area contributed by atoms with Gasteiger partial charge in [-0.3, -0.25) is 28.8 Å². The lowest BCUT2D eigenvalue weighted by Gasteiger charge is -2.47. The molecule has 0 aromatic carbocycles. The normalized spacial score (nSPS) is 23.3. The Morgan fingerprint density at radius 1 is 0.537 bits per heavy atom. The van der Waals surface area contributed by atoms with E-state index in [9.17, 15) is 38.4 Å². The lowest BCUT2D eigenvalue weighted by Crippen LogP contribution is -2.55. The zero-order valence-electron chi connectivity index (χ0n) is 42.2. The first-order valence-corrected chi connectivity index (χ1v) is 23.6. The Morgan fingerprint density at radius 2 is 1.00 bits per heavy atom. The van der Waals surface area contributed by atoms with Gasteiger partial charge >= 0.3 is 36.1 Å². The summed E-state index contributed by atoms with van der Waals surface area (Å²) >= 11 is 0. The fourth-order valence-corrected chi connectivity index (χ4v) is 9.66. The molecule has 20 nitrogen and oxygen atoms in total. The van der Waals surface area contributed by atoms with Crippen LogP contribution in [0.15, 0.2) is 0 Å². The van der Waals surface area contributed by atoms with E-state index in [0.717, 1.165) is 6.42 Å². The molecular weight excluding hydrogens is 877 g/mol. The number of alkyl carbamates (subject to hydrolysis) is 2. The van der Waals surface area contributed by atoms with E-state index < -0.39 is 89.0 Å². The molecule has 2 saturated carbocycles. The molecule has 2 aliphatic rings. The molecule has 0 aliphatic heterocycles. The summed E-state index contributed by atoms with van der Waals surface area (Å²) in [4.78, 5) is 102. The minimum Gasteiger partial charge on any atom is -0.465 e. The predicted molar refractivity (Wildman–Crippen MR) is 243 cm³/mol. The highest BCUT2D eigenvalue weighted by atomic mass is 16.6. The van der Waals surface area contributed by atoms with Crippen LogP contribution in [0.5, 0.6) is 0 Å². The van der Waals surface area contributed by atoms with Crippen molar-refractivity contribution >= 4 is 47.9 Å². The second kappa shape index (κ2) is 26.7. The summed E-state index contributed by atoms with van der Waals surface area (Å²) in [5.74, 6) is -9.07. The van der Waals surface area contributed by atoms with E-state index in [4.69, 9.17) is 37.9 Å². The number of amides is 4. The number of esters is 4. The van der Waals surface area contributed by atoms with Gasteiger partial charge in [0, 0.05) is 24.7 Å². The molecule has 67 heavy (non-hydrogen) atoms. The third-order valence-electron chi connectivity index (χ3n) is 11.5. The van der Waals surface area contributed by atoms with Crippen molar-refractivity contribution in [1.82, 2.24) is 21.3 Å². The molecule has 2 aliphatic carbocycles. The van der Waals surface area contributed by atoms with E-state index in [-0.39, 0.29) is 82.1 Å². The molecule has 0 heterocycles. The van der Waals surface area contributed by atoms with Gasteiger partial charge in [-0.2, -0.15) is 0 Å². The van der Waals surface area contributed by atoms with Gasteiger partial charge in [0.15, 0.2) is 0 Å². The monoisotopic (exact) mass is 957 g/mol. The number of ether oxygens (including phenoxy) is 8.